The highest BCUT2D eigenvalue weighted by Gasteiger charge is 2.55. The third-order valence-electron chi connectivity index (χ3n) is 6.39. The smallest absolute Gasteiger partial charge is 0.459 e. The van der Waals surface area contributed by atoms with Crippen molar-refractivity contribution in [2.24, 2.45) is 5.41 Å². The van der Waals surface area contributed by atoms with Gasteiger partial charge in [0.2, 0.25) is 11.8 Å². The number of aliphatic hydroxyl groups is 2. The molecule has 5 N–H and O–H groups in total. The van der Waals surface area contributed by atoms with Gasteiger partial charge in [-0.1, -0.05) is 39.0 Å². The largest absolute Gasteiger partial charge is 0.479 e. The molecule has 3 aromatic rings. The topological polar surface area (TPSA) is 202 Å². The molecule has 1 aliphatic heterocycles. The van der Waals surface area contributed by atoms with Gasteiger partial charge in [-0.3, -0.25) is 13.9 Å². The van der Waals surface area contributed by atoms with E-state index in [0.29, 0.717) is 3.83 Å². The van der Waals surface area contributed by atoms with Crippen LogP contribution in [0.2, 0.25) is 0 Å². The van der Waals surface area contributed by atoms with E-state index in [4.69, 9.17) is 29.0 Å². The Labute approximate surface area is 262 Å². The second-order valence-corrected chi connectivity index (χ2v) is 14.1. The maximum Gasteiger partial charge on any atom is 0.459 e. The molecule has 6 atom stereocenters. The van der Waals surface area contributed by atoms with Crippen LogP contribution in [-0.4, -0.2) is 79.9 Å². The van der Waals surface area contributed by atoms with Crippen LogP contribution in [0.25, 0.3) is 11.2 Å². The van der Waals surface area contributed by atoms with Gasteiger partial charge in [-0.25, -0.2) is 9.55 Å². The number of imidazole rings is 1. The number of nitrogens with one attached hydrogen (secondary N) is 1. The monoisotopic (exact) mass is 734 g/mol. The minimum atomic E-state index is -4.28. The van der Waals surface area contributed by atoms with E-state index >= 15 is 0 Å². The van der Waals surface area contributed by atoms with Crippen LogP contribution in [0.1, 0.15) is 40.8 Å². The molecule has 1 aliphatic rings. The molecular formula is C26H36IN6O9P. The minimum Gasteiger partial charge on any atom is -0.479 e. The van der Waals surface area contributed by atoms with Crippen LogP contribution in [0.5, 0.6) is 11.6 Å². The predicted molar refractivity (Wildman–Crippen MR) is 163 cm³/mol. The van der Waals surface area contributed by atoms with Crippen LogP contribution in [0.15, 0.2) is 30.3 Å². The molecule has 17 heteroatoms. The number of nitrogen functional groups attached to an aromatic ring is 1. The first-order chi connectivity index (χ1) is 20.0. The first kappa shape index (κ1) is 33.3. The van der Waals surface area contributed by atoms with Crippen molar-refractivity contribution in [3.05, 3.63) is 34.2 Å². The SMILES string of the molecule is COc1nc(N)nc2c1nc(I)n2C1O[C@H](COP(=O)(N[C@@H](C)C(=O)OCC(C)(C)C)Oc2ccccc2)[C@@H](O)[C@@]1(C)O. The molecule has 2 aromatic heterocycles. The lowest BCUT2D eigenvalue weighted by molar-refractivity contribution is -0.148. The van der Waals surface area contributed by atoms with E-state index < -0.39 is 50.4 Å². The fraction of sp³-hybridized carbons (Fsp3) is 0.538. The Morgan fingerprint density at radius 1 is 1.28 bits per heavy atom. The fourth-order valence-corrected chi connectivity index (χ4v) is 6.45. The van der Waals surface area contributed by atoms with Crippen LogP contribution in [0, 0.1) is 9.25 Å². The number of nitrogens with zero attached hydrogens (tertiary/aromatic N) is 4. The fourth-order valence-electron chi connectivity index (χ4n) is 4.23. The quantitative estimate of drug-likeness (QED) is 0.0970. The summed E-state index contributed by atoms with van der Waals surface area (Å²) in [5.41, 5.74) is 4.16. The molecular weight excluding hydrogens is 698 g/mol. The number of para-hydroxylation sites is 1. The van der Waals surface area contributed by atoms with E-state index in [2.05, 4.69) is 20.0 Å². The zero-order valence-electron chi connectivity index (χ0n) is 24.6. The summed E-state index contributed by atoms with van der Waals surface area (Å²) in [6.07, 6.45) is -3.95. The van der Waals surface area contributed by atoms with E-state index in [-0.39, 0.29) is 40.8 Å². The molecule has 15 nitrogen and oxygen atoms in total. The molecule has 236 valence electrons. The van der Waals surface area contributed by atoms with Crippen LogP contribution in [-0.2, 0) is 23.4 Å². The Hall–Kier alpha value is -2.60. The summed E-state index contributed by atoms with van der Waals surface area (Å²) in [4.78, 5) is 25.3. The van der Waals surface area contributed by atoms with E-state index in [0.717, 1.165) is 0 Å². The molecule has 3 heterocycles. The van der Waals surface area contributed by atoms with Crippen molar-refractivity contribution in [1.29, 1.82) is 0 Å². The number of nitrogens with two attached hydrogens (primary N) is 1. The zero-order chi connectivity index (χ0) is 31.7. The number of aliphatic hydroxyl groups excluding tert-OH is 1. The van der Waals surface area contributed by atoms with Crippen molar-refractivity contribution in [3.8, 4) is 11.6 Å². The van der Waals surface area contributed by atoms with Crippen molar-refractivity contribution in [3.63, 3.8) is 0 Å². The lowest BCUT2D eigenvalue weighted by Gasteiger charge is -2.28. The number of ether oxygens (including phenoxy) is 3. The maximum absolute atomic E-state index is 13.9. The summed E-state index contributed by atoms with van der Waals surface area (Å²) < 4.78 is 43.8. The Morgan fingerprint density at radius 3 is 2.58 bits per heavy atom. The second-order valence-electron chi connectivity index (χ2n) is 11.4. The average molecular weight is 734 g/mol. The molecule has 1 saturated heterocycles. The van der Waals surface area contributed by atoms with Crippen molar-refractivity contribution < 1.29 is 42.8 Å². The Kier molecular flexibility index (Phi) is 9.90. The van der Waals surface area contributed by atoms with Gasteiger partial charge in [0.05, 0.1) is 20.3 Å². The van der Waals surface area contributed by atoms with Gasteiger partial charge in [0, 0.05) is 22.6 Å². The van der Waals surface area contributed by atoms with Crippen LogP contribution >= 0.6 is 30.3 Å². The lowest BCUT2D eigenvalue weighted by Crippen LogP contribution is -2.45. The van der Waals surface area contributed by atoms with E-state index in [1.807, 2.05) is 43.4 Å². The maximum atomic E-state index is 13.9. The number of esters is 1. The van der Waals surface area contributed by atoms with Gasteiger partial charge < -0.3 is 34.7 Å². The number of benzene rings is 1. The van der Waals surface area contributed by atoms with Gasteiger partial charge in [0.25, 0.3) is 0 Å². The zero-order valence-corrected chi connectivity index (χ0v) is 27.6. The highest BCUT2D eigenvalue weighted by Crippen LogP contribution is 2.47. The number of carbonyl (C=O) groups is 1. The number of rotatable bonds is 11. The Bertz CT molecular complexity index is 1500. The first-order valence-corrected chi connectivity index (χ1v) is 15.9. The van der Waals surface area contributed by atoms with E-state index in [1.54, 1.807) is 30.3 Å². The second kappa shape index (κ2) is 12.8. The normalized spacial score (nSPS) is 24.4. The summed E-state index contributed by atoms with van der Waals surface area (Å²) in [6, 6.07) is 7.15. The predicted octanol–water partition coefficient (Wildman–Crippen LogP) is 2.80. The molecule has 0 bridgehead atoms. The van der Waals surface area contributed by atoms with Crippen LogP contribution in [0.4, 0.5) is 5.95 Å². The van der Waals surface area contributed by atoms with Gasteiger partial charge in [0.1, 0.15) is 29.6 Å². The highest BCUT2D eigenvalue weighted by atomic mass is 127. The average Bonchev–Trinajstić information content (AvgIpc) is 3.36. The van der Waals surface area contributed by atoms with Gasteiger partial charge in [-0.15, -0.1) is 0 Å². The number of aromatic nitrogens is 4. The van der Waals surface area contributed by atoms with Crippen molar-refractivity contribution >= 4 is 53.4 Å². The number of fused-ring (bicyclic) bond motifs is 1. The Morgan fingerprint density at radius 2 is 1.95 bits per heavy atom. The molecule has 0 spiro atoms. The van der Waals surface area contributed by atoms with E-state index in [1.165, 1.54) is 25.5 Å². The number of hydrogen-bond donors (Lipinski definition) is 4. The third-order valence-corrected chi connectivity index (χ3v) is 8.80. The minimum absolute atomic E-state index is 0.0970. The summed E-state index contributed by atoms with van der Waals surface area (Å²) in [6.45, 7) is 8.20. The summed E-state index contributed by atoms with van der Waals surface area (Å²) in [7, 11) is -2.88. The molecule has 43 heavy (non-hydrogen) atoms. The lowest BCUT2D eigenvalue weighted by atomic mass is 9.96. The molecule has 1 fully saturated rings. The van der Waals surface area contributed by atoms with Crippen molar-refractivity contribution in [1.82, 2.24) is 24.6 Å². The summed E-state index contributed by atoms with van der Waals surface area (Å²) in [5, 5.41) is 25.1. The number of hydrogen-bond acceptors (Lipinski definition) is 13. The number of anilines is 1. The van der Waals surface area contributed by atoms with E-state index in [9.17, 15) is 19.6 Å². The van der Waals surface area contributed by atoms with Crippen molar-refractivity contribution in [2.45, 2.75) is 64.7 Å². The number of halogens is 1. The number of carbonyl (C=O) groups excluding carboxylic acids is 1. The van der Waals surface area contributed by atoms with Crippen LogP contribution < -0.4 is 20.1 Å². The Balaban J connectivity index is 1.57. The first-order valence-electron chi connectivity index (χ1n) is 13.3. The standard InChI is InChI=1S/C26H36IN6O9P/c1-14(21(35)39-13-25(2,3)4)32-43(37,42-15-10-8-7-9-11-15)40-12-16-18(34)26(5,36)22(41-16)33-19-17(29-23(33)27)20(38-6)31-24(28)30-19/h7-11,14,16,18,22,34,36H,12-13H2,1-6H3,(H,32,37)(H2,28,30,31)/t14-,16+,18+,22?,26+,43?/m0/s1. The van der Waals surface area contributed by atoms with Crippen LogP contribution in [0.3, 0.4) is 0 Å². The third kappa shape index (κ3) is 7.56. The molecule has 0 saturated carbocycles. The van der Waals surface area contributed by atoms with Crippen molar-refractivity contribution in [2.75, 3.05) is 26.1 Å². The molecule has 1 aromatic carbocycles. The highest BCUT2D eigenvalue weighted by molar-refractivity contribution is 14.1. The molecule has 0 radical (unpaired) electrons. The summed E-state index contributed by atoms with van der Waals surface area (Å²) in [5.74, 6) is -0.427. The van der Waals surface area contributed by atoms with Gasteiger partial charge in [-0.2, -0.15) is 15.1 Å². The van der Waals surface area contributed by atoms with Gasteiger partial charge >= 0.3 is 13.7 Å². The van der Waals surface area contributed by atoms with Gasteiger partial charge in [0.15, 0.2) is 21.2 Å². The molecule has 4 rings (SSSR count). The molecule has 2 unspecified atom stereocenters. The van der Waals surface area contributed by atoms with Gasteiger partial charge in [-0.05, 0) is 31.4 Å². The summed E-state index contributed by atoms with van der Waals surface area (Å²) >= 11 is 1.92. The molecule has 0 amide bonds. The number of methoxy groups -OCH3 is 1. The molecule has 0 aliphatic carbocycles.